The zero-order valence-corrected chi connectivity index (χ0v) is 15.1. The minimum atomic E-state index is -3.18. The van der Waals surface area contributed by atoms with E-state index in [1.165, 1.54) is 4.88 Å². The van der Waals surface area contributed by atoms with Crippen LogP contribution in [-0.4, -0.2) is 25.8 Å². The summed E-state index contributed by atoms with van der Waals surface area (Å²) in [6, 6.07) is 4.04. The van der Waals surface area contributed by atoms with Gasteiger partial charge >= 0.3 is 0 Å². The van der Waals surface area contributed by atoms with Crippen molar-refractivity contribution in [1.82, 2.24) is 4.72 Å². The van der Waals surface area contributed by atoms with Crippen molar-refractivity contribution in [1.29, 1.82) is 0 Å². The first-order valence-electron chi connectivity index (χ1n) is 8.14. The molecule has 1 aliphatic rings. The van der Waals surface area contributed by atoms with Gasteiger partial charge in [0.05, 0.1) is 11.9 Å². The second-order valence-corrected chi connectivity index (χ2v) is 9.40. The molecule has 0 aliphatic heterocycles. The lowest BCUT2D eigenvalue weighted by molar-refractivity contribution is 0.203. The Morgan fingerprint density at radius 2 is 2.05 bits per heavy atom. The minimum absolute atomic E-state index is 0.0862. The van der Waals surface area contributed by atoms with Gasteiger partial charge in [-0.05, 0) is 38.3 Å². The van der Waals surface area contributed by atoms with E-state index in [-0.39, 0.29) is 11.2 Å². The number of hydrogen-bond acceptors (Lipinski definition) is 4. The van der Waals surface area contributed by atoms with Crippen molar-refractivity contribution < 1.29 is 13.5 Å². The molecule has 1 unspecified atom stereocenters. The van der Waals surface area contributed by atoms with E-state index in [9.17, 15) is 13.5 Å². The fraction of sp³-hybridized carbons (Fsp3) is 0.750. The highest BCUT2D eigenvalue weighted by molar-refractivity contribution is 7.89. The van der Waals surface area contributed by atoms with E-state index in [0.29, 0.717) is 13.0 Å². The van der Waals surface area contributed by atoms with Gasteiger partial charge in [0.2, 0.25) is 10.0 Å². The summed E-state index contributed by atoms with van der Waals surface area (Å²) in [6.07, 6.45) is 5.43. The third kappa shape index (κ3) is 4.31. The highest BCUT2D eigenvalue weighted by Gasteiger charge is 2.37. The SMILES string of the molecule is CCCCS(=O)(=O)NCC1(c2ccc(C(C)O)s2)CCCC1. The molecular weight excluding hydrogens is 318 g/mol. The molecule has 0 aromatic carbocycles. The molecule has 1 aromatic rings. The van der Waals surface area contributed by atoms with Crippen molar-refractivity contribution in [2.45, 2.75) is 63.9 Å². The second-order valence-electron chi connectivity index (χ2n) is 6.36. The first-order valence-corrected chi connectivity index (χ1v) is 10.6. The first-order chi connectivity index (χ1) is 10.4. The summed E-state index contributed by atoms with van der Waals surface area (Å²) >= 11 is 1.62. The normalized spacial score (nSPS) is 19.4. The molecule has 2 rings (SSSR count). The average Bonchev–Trinajstić information content (AvgIpc) is 3.12. The Kier molecular flexibility index (Phi) is 6.05. The van der Waals surface area contributed by atoms with Crippen molar-refractivity contribution in [2.24, 2.45) is 0 Å². The van der Waals surface area contributed by atoms with Crippen LogP contribution in [0.3, 0.4) is 0 Å². The molecule has 1 fully saturated rings. The Balaban J connectivity index is 2.11. The number of aliphatic hydroxyl groups is 1. The van der Waals surface area contributed by atoms with Crippen LogP contribution < -0.4 is 4.72 Å². The lowest BCUT2D eigenvalue weighted by Crippen LogP contribution is -2.39. The van der Waals surface area contributed by atoms with Crippen molar-refractivity contribution >= 4 is 21.4 Å². The number of aliphatic hydroxyl groups excluding tert-OH is 1. The van der Waals surface area contributed by atoms with Gasteiger partial charge in [0, 0.05) is 21.7 Å². The maximum atomic E-state index is 12.1. The van der Waals surface area contributed by atoms with E-state index in [2.05, 4.69) is 10.8 Å². The summed E-state index contributed by atoms with van der Waals surface area (Å²) in [5, 5.41) is 9.72. The molecule has 0 bridgehead atoms. The molecule has 126 valence electrons. The molecule has 6 heteroatoms. The van der Waals surface area contributed by atoms with Crippen molar-refractivity contribution in [3.05, 3.63) is 21.9 Å². The molecule has 0 radical (unpaired) electrons. The molecular formula is C16H27NO3S2. The maximum absolute atomic E-state index is 12.1. The zero-order chi connectivity index (χ0) is 16.2. The molecule has 4 nitrogen and oxygen atoms in total. The van der Waals surface area contributed by atoms with Crippen LogP contribution in [0.2, 0.25) is 0 Å². The van der Waals surface area contributed by atoms with Gasteiger partial charge < -0.3 is 5.11 Å². The zero-order valence-electron chi connectivity index (χ0n) is 13.5. The molecule has 0 amide bonds. The number of sulfonamides is 1. The highest BCUT2D eigenvalue weighted by atomic mass is 32.2. The Morgan fingerprint density at radius 1 is 1.36 bits per heavy atom. The van der Waals surface area contributed by atoms with E-state index in [0.717, 1.165) is 37.0 Å². The molecule has 1 heterocycles. The Morgan fingerprint density at radius 3 is 2.59 bits per heavy atom. The van der Waals surface area contributed by atoms with Crippen LogP contribution in [0.1, 0.15) is 68.2 Å². The maximum Gasteiger partial charge on any atom is 0.211 e. The molecule has 0 spiro atoms. The summed E-state index contributed by atoms with van der Waals surface area (Å²) in [5.41, 5.74) is -0.0862. The first kappa shape index (κ1) is 17.9. The summed E-state index contributed by atoms with van der Waals surface area (Å²) in [6.45, 7) is 4.25. The van der Waals surface area contributed by atoms with Crippen molar-refractivity contribution in [3.63, 3.8) is 0 Å². The standard InChI is InChI=1S/C16H27NO3S2/c1-3-4-11-22(19,20)17-12-16(9-5-6-10-16)15-8-7-14(21-15)13(2)18/h7-8,13,17-18H,3-6,9-12H2,1-2H3. The molecule has 1 aromatic heterocycles. The Labute approximate surface area is 138 Å². The van der Waals surface area contributed by atoms with Gasteiger partial charge in [0.15, 0.2) is 0 Å². The van der Waals surface area contributed by atoms with E-state index in [4.69, 9.17) is 0 Å². The monoisotopic (exact) mass is 345 g/mol. The quantitative estimate of drug-likeness (QED) is 0.759. The van der Waals surface area contributed by atoms with Gasteiger partial charge in [0.1, 0.15) is 0 Å². The van der Waals surface area contributed by atoms with Crippen LogP contribution in [0.15, 0.2) is 12.1 Å². The van der Waals surface area contributed by atoms with Crippen LogP contribution in [0, 0.1) is 0 Å². The molecule has 1 aliphatic carbocycles. The van der Waals surface area contributed by atoms with Gasteiger partial charge in [-0.15, -0.1) is 11.3 Å². The fourth-order valence-corrected chi connectivity index (χ4v) is 5.58. The predicted octanol–water partition coefficient (Wildman–Crippen LogP) is 3.33. The number of rotatable bonds is 8. The number of thiophene rings is 1. The second kappa shape index (κ2) is 7.43. The van der Waals surface area contributed by atoms with E-state index >= 15 is 0 Å². The third-order valence-electron chi connectivity index (χ3n) is 4.52. The summed E-state index contributed by atoms with van der Waals surface area (Å²) < 4.78 is 27.0. The molecule has 1 saturated carbocycles. The molecule has 22 heavy (non-hydrogen) atoms. The van der Waals surface area contributed by atoms with Crippen LogP contribution in [0.5, 0.6) is 0 Å². The lowest BCUT2D eigenvalue weighted by atomic mass is 9.85. The molecule has 2 N–H and O–H groups in total. The number of unbranched alkanes of at least 4 members (excludes halogenated alkanes) is 1. The van der Waals surface area contributed by atoms with E-state index < -0.39 is 16.1 Å². The Bertz CT molecular complexity index is 572. The third-order valence-corrected chi connectivity index (χ3v) is 7.43. The number of nitrogens with one attached hydrogen (secondary N) is 1. The van der Waals surface area contributed by atoms with Crippen LogP contribution in [-0.2, 0) is 15.4 Å². The fourth-order valence-electron chi connectivity index (χ4n) is 3.08. The Hall–Kier alpha value is -0.430. The average molecular weight is 346 g/mol. The smallest absolute Gasteiger partial charge is 0.211 e. The van der Waals surface area contributed by atoms with Gasteiger partial charge in [-0.3, -0.25) is 0 Å². The van der Waals surface area contributed by atoms with Gasteiger partial charge in [0.25, 0.3) is 0 Å². The summed E-state index contributed by atoms with van der Waals surface area (Å²) in [4.78, 5) is 2.16. The van der Waals surface area contributed by atoms with Gasteiger partial charge in [-0.2, -0.15) is 0 Å². The minimum Gasteiger partial charge on any atom is -0.388 e. The summed E-state index contributed by atoms with van der Waals surface area (Å²) in [5.74, 6) is 0.211. The highest BCUT2D eigenvalue weighted by Crippen LogP contribution is 2.44. The lowest BCUT2D eigenvalue weighted by Gasteiger charge is -2.28. The predicted molar refractivity (Wildman–Crippen MR) is 91.8 cm³/mol. The van der Waals surface area contributed by atoms with Gasteiger partial charge in [-0.1, -0.05) is 26.2 Å². The molecule has 1 atom stereocenters. The molecule has 0 saturated heterocycles. The largest absolute Gasteiger partial charge is 0.388 e. The van der Waals surface area contributed by atoms with Gasteiger partial charge in [-0.25, -0.2) is 13.1 Å². The van der Waals surface area contributed by atoms with Crippen LogP contribution in [0.25, 0.3) is 0 Å². The topological polar surface area (TPSA) is 66.4 Å². The number of hydrogen-bond donors (Lipinski definition) is 2. The van der Waals surface area contributed by atoms with E-state index in [1.54, 1.807) is 18.3 Å². The van der Waals surface area contributed by atoms with Crippen molar-refractivity contribution in [2.75, 3.05) is 12.3 Å². The summed E-state index contributed by atoms with van der Waals surface area (Å²) in [7, 11) is -3.18. The van der Waals surface area contributed by atoms with Crippen LogP contribution >= 0.6 is 11.3 Å². The van der Waals surface area contributed by atoms with Crippen LogP contribution in [0.4, 0.5) is 0 Å². The van der Waals surface area contributed by atoms with Crippen molar-refractivity contribution in [3.8, 4) is 0 Å². The van der Waals surface area contributed by atoms with E-state index in [1.807, 2.05) is 13.0 Å².